The van der Waals surface area contributed by atoms with E-state index in [4.69, 9.17) is 0 Å². The minimum Gasteiger partial charge on any atom is -0.334 e. The fraction of sp³-hybridized carbons (Fsp3) is 0. The lowest BCUT2D eigenvalue weighted by Crippen LogP contribution is -2.02. The minimum atomic E-state index is -0.477. The van der Waals surface area contributed by atoms with Gasteiger partial charge in [-0.05, 0) is 24.3 Å². The summed E-state index contributed by atoms with van der Waals surface area (Å²) in [5, 5.41) is 14.7. The van der Waals surface area contributed by atoms with Crippen molar-refractivity contribution in [3.05, 3.63) is 71.3 Å². The number of nitrogens with one attached hydrogen (secondary N) is 1. The van der Waals surface area contributed by atoms with E-state index in [1.807, 2.05) is 30.3 Å². The Morgan fingerprint density at radius 1 is 1.04 bits per heavy atom. The molecule has 0 radical (unpaired) electrons. The highest BCUT2D eigenvalue weighted by atomic mass is 32.2. The molecule has 0 amide bonds. The summed E-state index contributed by atoms with van der Waals surface area (Å²) >= 11 is 1.22. The molecule has 2 heterocycles. The predicted molar refractivity (Wildman–Crippen MR) is 86.8 cm³/mol. The SMILES string of the molecule is O=[N+]([O-])c1c(Nc2ccncc2)ncnc1Sc1ccccc1. The van der Waals surface area contributed by atoms with Gasteiger partial charge in [-0.2, -0.15) is 0 Å². The van der Waals surface area contributed by atoms with E-state index in [0.29, 0.717) is 5.69 Å². The molecule has 0 atom stereocenters. The molecular weight excluding hydrogens is 314 g/mol. The van der Waals surface area contributed by atoms with E-state index >= 15 is 0 Å². The van der Waals surface area contributed by atoms with Crippen LogP contribution in [0.3, 0.4) is 0 Å². The van der Waals surface area contributed by atoms with Gasteiger partial charge in [-0.1, -0.05) is 30.0 Å². The van der Waals surface area contributed by atoms with Gasteiger partial charge >= 0.3 is 5.69 Å². The third-order valence-corrected chi connectivity index (χ3v) is 3.87. The second-order valence-electron chi connectivity index (χ2n) is 4.41. The van der Waals surface area contributed by atoms with Crippen LogP contribution in [0.1, 0.15) is 0 Å². The van der Waals surface area contributed by atoms with Crippen molar-refractivity contribution in [1.82, 2.24) is 15.0 Å². The summed E-state index contributed by atoms with van der Waals surface area (Å²) in [5.74, 6) is 0.148. The van der Waals surface area contributed by atoms with Crippen molar-refractivity contribution in [3.8, 4) is 0 Å². The van der Waals surface area contributed by atoms with Crippen molar-refractivity contribution in [3.63, 3.8) is 0 Å². The normalized spacial score (nSPS) is 10.3. The molecule has 23 heavy (non-hydrogen) atoms. The average molecular weight is 325 g/mol. The third-order valence-electron chi connectivity index (χ3n) is 2.87. The van der Waals surface area contributed by atoms with Gasteiger partial charge < -0.3 is 5.32 Å². The molecule has 0 aliphatic carbocycles. The number of nitrogens with zero attached hydrogens (tertiary/aromatic N) is 4. The Kier molecular flexibility index (Phi) is 4.44. The minimum absolute atomic E-state index is 0.148. The highest BCUT2D eigenvalue weighted by Gasteiger charge is 2.23. The number of hydrogen-bond donors (Lipinski definition) is 1. The van der Waals surface area contributed by atoms with Crippen molar-refractivity contribution < 1.29 is 4.92 Å². The lowest BCUT2D eigenvalue weighted by Gasteiger charge is -2.08. The van der Waals surface area contributed by atoms with Crippen LogP contribution in [-0.4, -0.2) is 19.9 Å². The summed E-state index contributed by atoms with van der Waals surface area (Å²) in [6, 6.07) is 12.8. The van der Waals surface area contributed by atoms with Crippen LogP contribution in [0, 0.1) is 10.1 Å². The van der Waals surface area contributed by atoms with Gasteiger partial charge in [-0.25, -0.2) is 9.97 Å². The molecule has 7 nitrogen and oxygen atoms in total. The molecule has 0 unspecified atom stereocenters. The van der Waals surface area contributed by atoms with Gasteiger partial charge in [-0.3, -0.25) is 15.1 Å². The van der Waals surface area contributed by atoms with Gasteiger partial charge in [0.05, 0.1) is 4.92 Å². The highest BCUT2D eigenvalue weighted by molar-refractivity contribution is 7.99. The zero-order valence-corrected chi connectivity index (χ0v) is 12.6. The number of hydrogen-bond acceptors (Lipinski definition) is 7. The van der Waals surface area contributed by atoms with E-state index in [2.05, 4.69) is 20.3 Å². The maximum Gasteiger partial charge on any atom is 0.343 e. The van der Waals surface area contributed by atoms with Crippen LogP contribution in [0.25, 0.3) is 0 Å². The predicted octanol–water partition coefficient (Wildman–Crippen LogP) is 3.67. The summed E-state index contributed by atoms with van der Waals surface area (Å²) in [7, 11) is 0. The number of aromatic nitrogens is 3. The molecule has 0 saturated heterocycles. The van der Waals surface area contributed by atoms with E-state index < -0.39 is 4.92 Å². The molecule has 3 aromatic rings. The molecule has 1 N–H and O–H groups in total. The Bertz CT molecular complexity index is 755. The average Bonchev–Trinajstić information content (AvgIpc) is 2.56. The summed E-state index contributed by atoms with van der Waals surface area (Å²) in [5.41, 5.74) is 0.510. The summed E-state index contributed by atoms with van der Waals surface area (Å²) in [4.78, 5) is 23.8. The fourth-order valence-corrected chi connectivity index (χ4v) is 2.75. The molecule has 8 heteroatoms. The third kappa shape index (κ3) is 3.61. The standard InChI is InChI=1S/C15H11N5O2S/c21-20(22)13-14(19-11-6-8-16-9-7-11)17-10-18-15(13)23-12-4-2-1-3-5-12/h1-10H,(H,16,17,18,19). The van der Waals surface area contributed by atoms with Gasteiger partial charge in [-0.15, -0.1) is 0 Å². The summed E-state index contributed by atoms with van der Waals surface area (Å²) in [6.45, 7) is 0. The van der Waals surface area contributed by atoms with E-state index in [0.717, 1.165) is 4.90 Å². The molecule has 0 aliphatic heterocycles. The molecule has 1 aromatic carbocycles. The van der Waals surface area contributed by atoms with Crippen molar-refractivity contribution >= 4 is 29.0 Å². The van der Waals surface area contributed by atoms with E-state index in [1.165, 1.54) is 18.1 Å². The maximum atomic E-state index is 11.5. The van der Waals surface area contributed by atoms with Crippen molar-refractivity contribution in [2.24, 2.45) is 0 Å². The lowest BCUT2D eigenvalue weighted by atomic mass is 10.4. The Hall–Kier alpha value is -3.00. The second kappa shape index (κ2) is 6.84. The molecule has 114 valence electrons. The summed E-state index contributed by atoms with van der Waals surface area (Å²) < 4.78 is 0. The molecule has 0 bridgehead atoms. The van der Waals surface area contributed by atoms with Crippen LogP contribution in [0.15, 0.2) is 71.1 Å². The van der Waals surface area contributed by atoms with Gasteiger partial charge in [0.1, 0.15) is 6.33 Å². The van der Waals surface area contributed by atoms with Crippen LogP contribution in [0.5, 0.6) is 0 Å². The number of rotatable bonds is 5. The van der Waals surface area contributed by atoms with Gasteiger partial charge in [0.25, 0.3) is 0 Å². The first-order valence-electron chi connectivity index (χ1n) is 6.63. The molecule has 3 rings (SSSR count). The number of pyridine rings is 1. The quantitative estimate of drug-likeness (QED) is 0.434. The Balaban J connectivity index is 1.97. The Morgan fingerprint density at radius 3 is 2.48 bits per heavy atom. The summed E-state index contributed by atoms with van der Waals surface area (Å²) in [6.07, 6.45) is 4.49. The van der Waals surface area contributed by atoms with Crippen LogP contribution in [0.2, 0.25) is 0 Å². The first-order valence-corrected chi connectivity index (χ1v) is 7.45. The monoisotopic (exact) mass is 325 g/mol. The smallest absolute Gasteiger partial charge is 0.334 e. The van der Waals surface area contributed by atoms with Gasteiger partial charge in [0.15, 0.2) is 5.03 Å². The number of benzene rings is 1. The number of nitro groups is 1. The van der Waals surface area contributed by atoms with Crippen LogP contribution in [-0.2, 0) is 0 Å². The Morgan fingerprint density at radius 2 is 1.78 bits per heavy atom. The fourth-order valence-electron chi connectivity index (χ4n) is 1.87. The lowest BCUT2D eigenvalue weighted by molar-refractivity contribution is -0.387. The van der Waals surface area contributed by atoms with Crippen LogP contribution in [0.4, 0.5) is 17.2 Å². The molecule has 0 fully saturated rings. The van der Waals surface area contributed by atoms with Crippen molar-refractivity contribution in [1.29, 1.82) is 0 Å². The molecule has 0 spiro atoms. The zero-order valence-electron chi connectivity index (χ0n) is 11.8. The van der Waals surface area contributed by atoms with E-state index in [9.17, 15) is 10.1 Å². The van der Waals surface area contributed by atoms with E-state index in [1.54, 1.807) is 24.5 Å². The topological polar surface area (TPSA) is 93.8 Å². The van der Waals surface area contributed by atoms with Gasteiger partial charge in [0, 0.05) is 23.0 Å². The first kappa shape index (κ1) is 14.9. The molecule has 0 aliphatic rings. The van der Waals surface area contributed by atoms with Gasteiger partial charge in [0.2, 0.25) is 5.82 Å². The zero-order chi connectivity index (χ0) is 16.1. The molecule has 2 aromatic heterocycles. The highest BCUT2D eigenvalue weighted by Crippen LogP contribution is 2.37. The maximum absolute atomic E-state index is 11.5. The Labute approximate surface area is 136 Å². The molecular formula is C15H11N5O2S. The van der Waals surface area contributed by atoms with Crippen molar-refractivity contribution in [2.45, 2.75) is 9.92 Å². The van der Waals surface area contributed by atoms with E-state index in [-0.39, 0.29) is 16.5 Å². The van der Waals surface area contributed by atoms with Crippen LogP contribution < -0.4 is 5.32 Å². The van der Waals surface area contributed by atoms with Crippen LogP contribution >= 0.6 is 11.8 Å². The molecule has 0 saturated carbocycles. The largest absolute Gasteiger partial charge is 0.343 e. The van der Waals surface area contributed by atoms with Crippen molar-refractivity contribution in [2.75, 3.05) is 5.32 Å². The first-order chi connectivity index (χ1) is 11.2. The number of anilines is 2. The second-order valence-corrected chi connectivity index (χ2v) is 5.47.